The molecular weight excluding hydrogens is 339 g/mol. The summed E-state index contributed by atoms with van der Waals surface area (Å²) in [5, 5.41) is 0.0724. The molecule has 0 amide bonds. The van der Waals surface area contributed by atoms with Gasteiger partial charge in [-0.05, 0) is 29.9 Å². The normalized spacial score (nSPS) is 16.2. The molecule has 1 fully saturated rings. The molecule has 0 saturated heterocycles. The Balaban J connectivity index is 0.00000161. The molecule has 3 rings (SSSR count). The average molecular weight is 363 g/mol. The van der Waals surface area contributed by atoms with Crippen molar-refractivity contribution in [3.63, 3.8) is 0 Å². The van der Waals surface area contributed by atoms with E-state index in [9.17, 15) is 0 Å². The van der Waals surface area contributed by atoms with Crippen molar-refractivity contribution in [2.45, 2.75) is 37.3 Å². The van der Waals surface area contributed by atoms with E-state index >= 15 is 0 Å². The number of hydrogen-bond acceptors (Lipinski definition) is 0. The molecule has 0 radical (unpaired) electrons. The first-order valence-corrected chi connectivity index (χ1v) is 8.29. The molecule has 0 nitrogen and oxygen atoms in total. The predicted octanol–water partition coefficient (Wildman–Crippen LogP) is 5.96. The van der Waals surface area contributed by atoms with E-state index in [0.29, 0.717) is 0 Å². The molecule has 0 spiro atoms. The van der Waals surface area contributed by atoms with Crippen LogP contribution in [0, 0.1) is 5.92 Å². The minimum atomic E-state index is 0. The number of rotatable bonds is 3. The summed E-state index contributed by atoms with van der Waals surface area (Å²) in [6.45, 7) is 0. The number of benzene rings is 2. The fourth-order valence-electron chi connectivity index (χ4n) is 3.62. The third kappa shape index (κ3) is 3.41. The molecule has 2 aromatic rings. The van der Waals surface area contributed by atoms with Crippen molar-refractivity contribution in [2.24, 2.45) is 5.92 Å². The van der Waals surface area contributed by atoms with Crippen LogP contribution in [0.3, 0.4) is 0 Å². The average Bonchev–Trinajstić information content (AvgIpc) is 2.56. The minimum absolute atomic E-state index is 0. The highest BCUT2D eigenvalue weighted by atomic mass is 79.9. The van der Waals surface area contributed by atoms with Crippen LogP contribution in [0.4, 0.5) is 0 Å². The van der Waals surface area contributed by atoms with Gasteiger partial charge in [-0.3, -0.25) is 0 Å². The molecule has 2 heteroatoms. The van der Waals surface area contributed by atoms with Gasteiger partial charge in [0.15, 0.2) is 0 Å². The zero-order valence-corrected chi connectivity index (χ0v) is 15.2. The lowest BCUT2D eigenvalue weighted by atomic mass is 9.72. The Morgan fingerprint density at radius 3 is 1.57 bits per heavy atom. The first-order valence-electron chi connectivity index (χ1n) is 7.72. The van der Waals surface area contributed by atoms with Crippen LogP contribution < -0.4 is 0 Å². The van der Waals surface area contributed by atoms with Crippen LogP contribution in [0.25, 0.3) is 0 Å². The highest BCUT2D eigenvalue weighted by Gasteiger charge is 2.38. The third-order valence-electron chi connectivity index (χ3n) is 4.75. The number of halogens is 1. The maximum absolute atomic E-state index is 3.21. The van der Waals surface area contributed by atoms with Crippen LogP contribution in [-0.4, -0.2) is 0 Å². The molecule has 0 N–H and O–H groups in total. The number of hydrogen-bond donors (Lipinski definition) is 0. The second-order valence-electron chi connectivity index (χ2n) is 5.94. The summed E-state index contributed by atoms with van der Waals surface area (Å²) in [5.41, 5.74) is 2.87. The van der Waals surface area contributed by atoms with Crippen LogP contribution in [0.15, 0.2) is 60.7 Å². The smallest absolute Gasteiger partial charge is 0.0372 e. The minimum Gasteiger partial charge on any atom is -0.121 e. The van der Waals surface area contributed by atoms with Crippen molar-refractivity contribution in [1.82, 2.24) is 0 Å². The van der Waals surface area contributed by atoms with Gasteiger partial charge in [0.1, 0.15) is 0 Å². The lowest BCUT2D eigenvalue weighted by molar-refractivity contribution is 0.306. The maximum Gasteiger partial charge on any atom is 0.0372 e. The summed E-state index contributed by atoms with van der Waals surface area (Å²) in [5.74, 6) is 0.728. The van der Waals surface area contributed by atoms with Gasteiger partial charge >= 0.3 is 0 Å². The molecular formula is C19H24BrP. The molecule has 1 saturated carbocycles. The Kier molecular flexibility index (Phi) is 6.02. The molecule has 1 unspecified atom stereocenters. The maximum atomic E-state index is 3.21. The third-order valence-corrected chi connectivity index (χ3v) is 5.89. The first-order chi connectivity index (χ1) is 9.82. The molecule has 0 aromatic heterocycles. The van der Waals surface area contributed by atoms with Gasteiger partial charge in [0.2, 0.25) is 0 Å². The van der Waals surface area contributed by atoms with Gasteiger partial charge in [-0.1, -0.05) is 79.9 Å². The molecule has 0 bridgehead atoms. The Morgan fingerprint density at radius 2 is 1.14 bits per heavy atom. The van der Waals surface area contributed by atoms with Gasteiger partial charge in [0.05, 0.1) is 0 Å². The summed E-state index contributed by atoms with van der Waals surface area (Å²) in [4.78, 5) is 0. The van der Waals surface area contributed by atoms with Crippen molar-refractivity contribution in [2.75, 3.05) is 0 Å². The van der Waals surface area contributed by atoms with Gasteiger partial charge in [0, 0.05) is 5.16 Å². The monoisotopic (exact) mass is 362 g/mol. The van der Waals surface area contributed by atoms with Crippen molar-refractivity contribution < 1.29 is 0 Å². The largest absolute Gasteiger partial charge is 0.121 e. The SMILES string of the molecule is Br.PC(c1ccccc1)(c1ccccc1)C1CCCCC1. The van der Waals surface area contributed by atoms with Gasteiger partial charge in [-0.15, -0.1) is 26.2 Å². The summed E-state index contributed by atoms with van der Waals surface area (Å²) in [7, 11) is 3.21. The lowest BCUT2D eigenvalue weighted by Gasteiger charge is -2.41. The highest BCUT2D eigenvalue weighted by molar-refractivity contribution is 8.93. The van der Waals surface area contributed by atoms with E-state index in [4.69, 9.17) is 0 Å². The Labute approximate surface area is 141 Å². The van der Waals surface area contributed by atoms with E-state index in [1.165, 1.54) is 43.2 Å². The van der Waals surface area contributed by atoms with E-state index in [0.717, 1.165) is 5.92 Å². The molecule has 2 aromatic carbocycles. The Morgan fingerprint density at radius 1 is 0.714 bits per heavy atom. The molecule has 0 aliphatic heterocycles. The zero-order chi connectivity index (χ0) is 13.8. The van der Waals surface area contributed by atoms with E-state index in [1.807, 2.05) is 0 Å². The second kappa shape index (κ2) is 7.56. The summed E-state index contributed by atoms with van der Waals surface area (Å²) >= 11 is 0. The summed E-state index contributed by atoms with van der Waals surface area (Å²) in [6.07, 6.45) is 6.84. The van der Waals surface area contributed by atoms with Crippen LogP contribution in [0.5, 0.6) is 0 Å². The Bertz CT molecular complexity index is 493. The molecule has 112 valence electrons. The fraction of sp³-hybridized carbons (Fsp3) is 0.368. The first kappa shape index (κ1) is 16.7. The molecule has 1 aliphatic carbocycles. The van der Waals surface area contributed by atoms with Crippen molar-refractivity contribution in [3.05, 3.63) is 71.8 Å². The standard InChI is InChI=1S/C19H23P.BrH/c20-19(16-10-4-1-5-11-16,17-12-6-2-7-13-17)18-14-8-3-9-15-18;/h1-2,4-7,10-13,18H,3,8-9,14-15,20H2;1H. The second-order valence-corrected chi connectivity index (χ2v) is 6.85. The van der Waals surface area contributed by atoms with Crippen molar-refractivity contribution >= 4 is 26.2 Å². The van der Waals surface area contributed by atoms with Crippen molar-refractivity contribution in [3.8, 4) is 0 Å². The molecule has 21 heavy (non-hydrogen) atoms. The lowest BCUT2D eigenvalue weighted by Crippen LogP contribution is -2.31. The van der Waals surface area contributed by atoms with Crippen LogP contribution in [0.2, 0.25) is 0 Å². The van der Waals surface area contributed by atoms with E-state index in [2.05, 4.69) is 69.9 Å². The zero-order valence-electron chi connectivity index (χ0n) is 12.4. The van der Waals surface area contributed by atoms with Gasteiger partial charge < -0.3 is 0 Å². The highest BCUT2D eigenvalue weighted by Crippen LogP contribution is 2.50. The Hall–Kier alpha value is -0.650. The molecule has 1 atom stereocenters. The quantitative estimate of drug-likeness (QED) is 0.590. The van der Waals surface area contributed by atoms with Crippen LogP contribution in [0.1, 0.15) is 43.2 Å². The summed E-state index contributed by atoms with van der Waals surface area (Å²) < 4.78 is 0. The van der Waals surface area contributed by atoms with Crippen LogP contribution >= 0.6 is 26.2 Å². The van der Waals surface area contributed by atoms with Crippen molar-refractivity contribution in [1.29, 1.82) is 0 Å². The fourth-order valence-corrected chi connectivity index (χ4v) is 4.34. The van der Waals surface area contributed by atoms with Gasteiger partial charge in [-0.25, -0.2) is 0 Å². The van der Waals surface area contributed by atoms with E-state index in [-0.39, 0.29) is 22.1 Å². The van der Waals surface area contributed by atoms with Gasteiger partial charge in [-0.2, -0.15) is 0 Å². The molecule has 0 heterocycles. The predicted molar refractivity (Wildman–Crippen MR) is 100 cm³/mol. The molecule has 1 aliphatic rings. The van der Waals surface area contributed by atoms with Gasteiger partial charge in [0.25, 0.3) is 0 Å². The summed E-state index contributed by atoms with van der Waals surface area (Å²) in [6, 6.07) is 22.0. The van der Waals surface area contributed by atoms with E-state index < -0.39 is 0 Å². The van der Waals surface area contributed by atoms with E-state index in [1.54, 1.807) is 0 Å². The topological polar surface area (TPSA) is 0 Å². The van der Waals surface area contributed by atoms with Crippen LogP contribution in [-0.2, 0) is 5.16 Å².